The Kier molecular flexibility index (Phi) is 5.20. The first-order valence-corrected chi connectivity index (χ1v) is 6.45. The fraction of sp³-hybridized carbons (Fsp3) is 0.786. The highest BCUT2D eigenvalue weighted by Gasteiger charge is 2.40. The molecular weight excluding hydrogens is 198 g/mol. The summed E-state index contributed by atoms with van der Waals surface area (Å²) in [5.41, 5.74) is -0.153. The molecule has 0 amide bonds. The van der Waals surface area contributed by atoms with Crippen LogP contribution in [-0.2, 0) is 4.79 Å². The minimum absolute atomic E-state index is 0.153. The molecule has 1 aliphatic carbocycles. The molecule has 0 aromatic heterocycles. The molecule has 1 saturated carbocycles. The van der Waals surface area contributed by atoms with Gasteiger partial charge in [0, 0.05) is 6.42 Å². The second-order valence-corrected chi connectivity index (χ2v) is 5.09. The van der Waals surface area contributed by atoms with Crippen LogP contribution in [0.4, 0.5) is 0 Å². The number of allylic oxidation sites excluding steroid dienone is 1. The van der Waals surface area contributed by atoms with Crippen LogP contribution in [0, 0.1) is 0 Å². The average molecular weight is 223 g/mol. The van der Waals surface area contributed by atoms with Crippen LogP contribution in [0.1, 0.15) is 51.4 Å². The molecule has 0 heterocycles. The fourth-order valence-corrected chi connectivity index (χ4v) is 2.75. The first kappa shape index (κ1) is 13.4. The van der Waals surface area contributed by atoms with Crippen molar-refractivity contribution in [2.75, 3.05) is 14.1 Å². The van der Waals surface area contributed by atoms with E-state index in [9.17, 15) is 4.79 Å². The van der Waals surface area contributed by atoms with Crippen LogP contribution in [0.25, 0.3) is 0 Å². The van der Waals surface area contributed by atoms with E-state index in [2.05, 4.69) is 25.6 Å². The zero-order valence-electron chi connectivity index (χ0n) is 10.8. The summed E-state index contributed by atoms with van der Waals surface area (Å²) in [7, 11) is 4.10. The van der Waals surface area contributed by atoms with E-state index in [0.29, 0.717) is 12.2 Å². The van der Waals surface area contributed by atoms with E-state index in [1.165, 1.54) is 19.3 Å². The van der Waals surface area contributed by atoms with E-state index in [1.807, 2.05) is 6.08 Å². The summed E-state index contributed by atoms with van der Waals surface area (Å²) in [5, 5.41) is 0. The third kappa shape index (κ3) is 2.94. The Morgan fingerprint density at radius 3 is 2.44 bits per heavy atom. The molecule has 0 spiro atoms. The molecule has 0 aromatic carbocycles. The van der Waals surface area contributed by atoms with Crippen LogP contribution in [0.15, 0.2) is 12.7 Å². The lowest BCUT2D eigenvalue weighted by atomic mass is 9.76. The van der Waals surface area contributed by atoms with Gasteiger partial charge in [-0.3, -0.25) is 9.69 Å². The summed E-state index contributed by atoms with van der Waals surface area (Å²) in [5.74, 6) is 0.444. The van der Waals surface area contributed by atoms with Crippen LogP contribution < -0.4 is 0 Å². The lowest BCUT2D eigenvalue weighted by molar-refractivity contribution is -0.132. The van der Waals surface area contributed by atoms with Crippen LogP contribution >= 0.6 is 0 Å². The third-order valence-electron chi connectivity index (χ3n) is 3.87. The summed E-state index contributed by atoms with van der Waals surface area (Å²) in [4.78, 5) is 14.5. The van der Waals surface area contributed by atoms with Gasteiger partial charge in [-0.2, -0.15) is 0 Å². The van der Waals surface area contributed by atoms with Gasteiger partial charge in [-0.1, -0.05) is 25.3 Å². The molecule has 0 aromatic rings. The van der Waals surface area contributed by atoms with Gasteiger partial charge >= 0.3 is 0 Å². The molecule has 1 fully saturated rings. The van der Waals surface area contributed by atoms with Crippen LogP contribution in [0.5, 0.6) is 0 Å². The van der Waals surface area contributed by atoms with Gasteiger partial charge in [-0.25, -0.2) is 0 Å². The van der Waals surface area contributed by atoms with Crippen molar-refractivity contribution in [3.63, 3.8) is 0 Å². The summed E-state index contributed by atoms with van der Waals surface area (Å²) in [6, 6.07) is 0. The highest BCUT2D eigenvalue weighted by atomic mass is 16.1. The highest BCUT2D eigenvalue weighted by Crippen LogP contribution is 2.34. The van der Waals surface area contributed by atoms with Crippen molar-refractivity contribution in [2.24, 2.45) is 0 Å². The lowest BCUT2D eigenvalue weighted by Crippen LogP contribution is -2.52. The number of carbonyl (C=O) groups is 1. The molecule has 0 radical (unpaired) electrons. The Balaban J connectivity index is 2.61. The topological polar surface area (TPSA) is 20.3 Å². The second kappa shape index (κ2) is 6.19. The summed E-state index contributed by atoms with van der Waals surface area (Å²) < 4.78 is 0. The van der Waals surface area contributed by atoms with Gasteiger partial charge in [0.05, 0.1) is 5.54 Å². The Hall–Kier alpha value is -0.630. The molecule has 0 aliphatic heterocycles. The molecule has 0 N–H and O–H groups in total. The van der Waals surface area contributed by atoms with Gasteiger partial charge in [-0.15, -0.1) is 6.58 Å². The number of hydrogen-bond donors (Lipinski definition) is 0. The van der Waals surface area contributed by atoms with Gasteiger partial charge in [0.2, 0.25) is 0 Å². The van der Waals surface area contributed by atoms with Crippen molar-refractivity contribution in [1.29, 1.82) is 0 Å². The Bertz CT molecular complexity index is 239. The van der Waals surface area contributed by atoms with E-state index in [4.69, 9.17) is 0 Å². The minimum Gasteiger partial charge on any atom is -0.298 e. The van der Waals surface area contributed by atoms with Crippen molar-refractivity contribution >= 4 is 5.78 Å². The SMILES string of the molecule is C=CCCCC(=O)C1(N(C)C)CCCCC1. The first-order chi connectivity index (χ1) is 7.63. The number of unbranched alkanes of at least 4 members (excludes halogenated alkanes) is 1. The number of hydrogen-bond acceptors (Lipinski definition) is 2. The standard InChI is InChI=1S/C14H25NO/c1-4-5-7-10-13(16)14(15(2)3)11-8-6-9-12-14/h4H,1,5-12H2,2-3H3. The maximum absolute atomic E-state index is 12.4. The largest absolute Gasteiger partial charge is 0.298 e. The van der Waals surface area contributed by atoms with E-state index in [-0.39, 0.29) is 5.54 Å². The number of rotatable bonds is 6. The quantitative estimate of drug-likeness (QED) is 0.509. The predicted octanol–water partition coefficient (Wildman–Crippen LogP) is 3.18. The molecule has 0 atom stereocenters. The van der Waals surface area contributed by atoms with Gasteiger partial charge in [0.15, 0.2) is 5.78 Å². The van der Waals surface area contributed by atoms with Gasteiger partial charge in [0.25, 0.3) is 0 Å². The van der Waals surface area contributed by atoms with E-state index < -0.39 is 0 Å². The van der Waals surface area contributed by atoms with Crippen molar-refractivity contribution in [3.8, 4) is 0 Å². The monoisotopic (exact) mass is 223 g/mol. The molecular formula is C14H25NO. The molecule has 2 nitrogen and oxygen atoms in total. The zero-order valence-corrected chi connectivity index (χ0v) is 10.8. The Morgan fingerprint density at radius 1 is 1.31 bits per heavy atom. The third-order valence-corrected chi connectivity index (χ3v) is 3.87. The lowest BCUT2D eigenvalue weighted by Gasteiger charge is -2.41. The molecule has 0 saturated heterocycles. The minimum atomic E-state index is -0.153. The van der Waals surface area contributed by atoms with E-state index in [1.54, 1.807) is 0 Å². The Labute approximate surface area is 99.7 Å². The van der Waals surface area contributed by atoms with Crippen LogP contribution in [0.3, 0.4) is 0 Å². The number of nitrogens with zero attached hydrogens (tertiary/aromatic N) is 1. The maximum Gasteiger partial charge on any atom is 0.153 e. The highest BCUT2D eigenvalue weighted by molar-refractivity contribution is 5.88. The first-order valence-electron chi connectivity index (χ1n) is 6.45. The summed E-state index contributed by atoms with van der Waals surface area (Å²) >= 11 is 0. The van der Waals surface area contributed by atoms with Gasteiger partial charge in [0.1, 0.15) is 0 Å². The van der Waals surface area contributed by atoms with Crippen LogP contribution in [-0.4, -0.2) is 30.3 Å². The van der Waals surface area contributed by atoms with Gasteiger partial charge in [-0.05, 0) is 39.8 Å². The van der Waals surface area contributed by atoms with Gasteiger partial charge < -0.3 is 0 Å². The molecule has 0 unspecified atom stereocenters. The number of carbonyl (C=O) groups excluding carboxylic acids is 1. The summed E-state index contributed by atoms with van der Waals surface area (Å²) in [6.45, 7) is 3.70. The molecule has 1 aliphatic rings. The fourth-order valence-electron chi connectivity index (χ4n) is 2.75. The molecule has 16 heavy (non-hydrogen) atoms. The number of Topliss-reactive ketones (excluding diaryl/α,β-unsaturated/α-hetero) is 1. The maximum atomic E-state index is 12.4. The Morgan fingerprint density at radius 2 is 1.94 bits per heavy atom. The van der Waals surface area contributed by atoms with E-state index >= 15 is 0 Å². The number of ketones is 1. The van der Waals surface area contributed by atoms with Crippen molar-refractivity contribution in [2.45, 2.75) is 56.9 Å². The average Bonchev–Trinajstić information content (AvgIpc) is 2.30. The van der Waals surface area contributed by atoms with E-state index in [0.717, 1.165) is 25.7 Å². The zero-order chi connectivity index (χ0) is 12.0. The van der Waals surface area contributed by atoms with Crippen molar-refractivity contribution in [1.82, 2.24) is 4.90 Å². The smallest absolute Gasteiger partial charge is 0.153 e. The second-order valence-electron chi connectivity index (χ2n) is 5.09. The summed E-state index contributed by atoms with van der Waals surface area (Å²) in [6.07, 6.45) is 10.3. The predicted molar refractivity (Wildman–Crippen MR) is 68.6 cm³/mol. The van der Waals surface area contributed by atoms with Crippen molar-refractivity contribution in [3.05, 3.63) is 12.7 Å². The molecule has 0 bridgehead atoms. The molecule has 2 heteroatoms. The molecule has 1 rings (SSSR count). The number of likely N-dealkylation sites (N-methyl/N-ethyl adjacent to an activating group) is 1. The van der Waals surface area contributed by atoms with Crippen molar-refractivity contribution < 1.29 is 4.79 Å². The normalized spacial score (nSPS) is 19.7. The van der Waals surface area contributed by atoms with Crippen LogP contribution in [0.2, 0.25) is 0 Å². The molecule has 92 valence electrons.